The molecule has 21 heavy (non-hydrogen) atoms. The van der Waals surface area contributed by atoms with Crippen LogP contribution in [0.1, 0.15) is 17.4 Å². The summed E-state index contributed by atoms with van der Waals surface area (Å²) in [4.78, 5) is 34.3. The summed E-state index contributed by atoms with van der Waals surface area (Å²) in [5.41, 5.74) is 0.928. The molecule has 0 bridgehead atoms. The maximum absolute atomic E-state index is 12.0. The number of hydrogen-bond donors (Lipinski definition) is 2. The average Bonchev–Trinajstić information content (AvgIpc) is 2.41. The van der Waals surface area contributed by atoms with Crippen LogP contribution in [0.15, 0.2) is 41.2 Å². The predicted octanol–water partition coefficient (Wildman–Crippen LogP) is 0.991. The Morgan fingerprint density at radius 3 is 2.38 bits per heavy atom. The molecule has 1 aromatic carbocycles. The van der Waals surface area contributed by atoms with Gasteiger partial charge >= 0.3 is 0 Å². The molecule has 1 aromatic heterocycles. The Hall–Kier alpha value is -2.96. The van der Waals surface area contributed by atoms with E-state index in [1.165, 1.54) is 26.1 Å². The van der Waals surface area contributed by atoms with E-state index in [2.05, 4.69) is 15.7 Å². The highest BCUT2D eigenvalue weighted by atomic mass is 16.2. The van der Waals surface area contributed by atoms with Crippen molar-refractivity contribution in [2.45, 2.75) is 6.92 Å². The van der Waals surface area contributed by atoms with E-state index < -0.39 is 5.91 Å². The Bertz CT molecular complexity index is 752. The van der Waals surface area contributed by atoms with E-state index in [9.17, 15) is 14.4 Å². The molecule has 1 heterocycles. The Labute approximate surface area is 120 Å². The number of rotatable bonds is 3. The third-order valence-electron chi connectivity index (χ3n) is 2.63. The molecule has 0 unspecified atom stereocenters. The van der Waals surface area contributed by atoms with Crippen molar-refractivity contribution in [2.75, 3.05) is 10.6 Å². The summed E-state index contributed by atoms with van der Waals surface area (Å²) >= 11 is 0. The van der Waals surface area contributed by atoms with Crippen molar-refractivity contribution in [1.29, 1.82) is 0 Å². The van der Waals surface area contributed by atoms with Crippen LogP contribution >= 0.6 is 0 Å². The second kappa shape index (κ2) is 6.00. The largest absolute Gasteiger partial charge is 0.326 e. The van der Waals surface area contributed by atoms with Crippen molar-refractivity contribution in [1.82, 2.24) is 9.78 Å². The zero-order chi connectivity index (χ0) is 15.4. The highest BCUT2D eigenvalue weighted by molar-refractivity contribution is 6.03. The first-order chi connectivity index (χ1) is 9.95. The fourth-order valence-corrected chi connectivity index (χ4v) is 1.70. The number of hydrogen-bond acceptors (Lipinski definition) is 4. The van der Waals surface area contributed by atoms with E-state index in [0.717, 1.165) is 4.68 Å². The average molecular weight is 286 g/mol. The summed E-state index contributed by atoms with van der Waals surface area (Å²) in [7, 11) is 1.47. The highest BCUT2D eigenvalue weighted by Gasteiger charge is 2.09. The molecule has 2 N–H and O–H groups in total. The molecule has 0 spiro atoms. The lowest BCUT2D eigenvalue weighted by Gasteiger charge is -2.07. The lowest BCUT2D eigenvalue weighted by Crippen LogP contribution is -2.23. The molecular formula is C14H14N4O3. The molecule has 108 valence electrons. The van der Waals surface area contributed by atoms with Gasteiger partial charge in [0.15, 0.2) is 0 Å². The van der Waals surface area contributed by atoms with Crippen LogP contribution in [0.3, 0.4) is 0 Å². The molecule has 0 fully saturated rings. The van der Waals surface area contributed by atoms with Gasteiger partial charge < -0.3 is 10.6 Å². The Morgan fingerprint density at radius 1 is 1.10 bits per heavy atom. The Balaban J connectivity index is 2.17. The van der Waals surface area contributed by atoms with Crippen molar-refractivity contribution in [3.05, 3.63) is 52.4 Å². The van der Waals surface area contributed by atoms with Gasteiger partial charge in [0, 0.05) is 31.4 Å². The number of aryl methyl sites for hydroxylation is 1. The van der Waals surface area contributed by atoms with Gasteiger partial charge in [-0.3, -0.25) is 14.4 Å². The number of aromatic nitrogens is 2. The minimum atomic E-state index is -0.439. The number of carbonyl (C=O) groups is 2. The van der Waals surface area contributed by atoms with Crippen LogP contribution in [-0.4, -0.2) is 21.6 Å². The maximum atomic E-state index is 12.0. The van der Waals surface area contributed by atoms with Gasteiger partial charge in [0.25, 0.3) is 11.5 Å². The number of carbonyl (C=O) groups excluding carboxylic acids is 2. The van der Waals surface area contributed by atoms with E-state index in [-0.39, 0.29) is 17.2 Å². The third kappa shape index (κ3) is 3.75. The molecule has 0 aliphatic rings. The van der Waals surface area contributed by atoms with Crippen molar-refractivity contribution in [3.8, 4) is 0 Å². The third-order valence-corrected chi connectivity index (χ3v) is 2.63. The molecule has 2 rings (SSSR count). The van der Waals surface area contributed by atoms with Gasteiger partial charge in [-0.1, -0.05) is 6.07 Å². The molecular weight excluding hydrogens is 272 g/mol. The van der Waals surface area contributed by atoms with Gasteiger partial charge in [0.05, 0.1) is 0 Å². The minimum Gasteiger partial charge on any atom is -0.326 e. The Morgan fingerprint density at radius 2 is 1.76 bits per heavy atom. The normalized spacial score (nSPS) is 10.0. The highest BCUT2D eigenvalue weighted by Crippen LogP contribution is 2.15. The van der Waals surface area contributed by atoms with Gasteiger partial charge in [-0.15, -0.1) is 0 Å². The first-order valence-electron chi connectivity index (χ1n) is 6.19. The van der Waals surface area contributed by atoms with Gasteiger partial charge in [0.1, 0.15) is 5.69 Å². The molecule has 7 heteroatoms. The first kappa shape index (κ1) is 14.4. The summed E-state index contributed by atoms with van der Waals surface area (Å²) in [5.74, 6) is -0.635. The standard InChI is InChI=1S/C14H14N4O3/c1-9(19)15-10-4-3-5-11(8-10)16-14(21)12-6-7-13(20)18(2)17-12/h3-8H,1-2H3,(H,15,19)(H,16,21). The summed E-state index contributed by atoms with van der Waals surface area (Å²) in [6.45, 7) is 1.40. The number of nitrogens with zero attached hydrogens (tertiary/aromatic N) is 2. The molecule has 7 nitrogen and oxygen atoms in total. The van der Waals surface area contributed by atoms with Crippen LogP contribution in [0.5, 0.6) is 0 Å². The smallest absolute Gasteiger partial charge is 0.276 e. The quantitative estimate of drug-likeness (QED) is 0.880. The van der Waals surface area contributed by atoms with Crippen molar-refractivity contribution in [3.63, 3.8) is 0 Å². The van der Waals surface area contributed by atoms with Crippen LogP contribution in [0.2, 0.25) is 0 Å². The molecule has 0 aliphatic heterocycles. The zero-order valence-electron chi connectivity index (χ0n) is 11.6. The Kier molecular flexibility index (Phi) is 4.13. The molecule has 0 saturated carbocycles. The SMILES string of the molecule is CC(=O)Nc1cccc(NC(=O)c2ccc(=O)n(C)n2)c1. The fraction of sp³-hybridized carbons (Fsp3) is 0.143. The van der Waals surface area contributed by atoms with Gasteiger partial charge in [-0.2, -0.15) is 5.10 Å². The fourth-order valence-electron chi connectivity index (χ4n) is 1.70. The molecule has 2 aromatic rings. The summed E-state index contributed by atoms with van der Waals surface area (Å²) in [6.07, 6.45) is 0. The van der Waals surface area contributed by atoms with E-state index in [4.69, 9.17) is 0 Å². The van der Waals surface area contributed by atoms with Gasteiger partial charge in [-0.05, 0) is 24.3 Å². The summed E-state index contributed by atoms with van der Waals surface area (Å²) < 4.78 is 1.09. The number of benzene rings is 1. The lowest BCUT2D eigenvalue weighted by molar-refractivity contribution is -0.114. The molecule has 0 radical (unpaired) electrons. The topological polar surface area (TPSA) is 93.1 Å². The van der Waals surface area contributed by atoms with E-state index in [0.29, 0.717) is 11.4 Å². The van der Waals surface area contributed by atoms with Crippen LogP contribution < -0.4 is 16.2 Å². The zero-order valence-corrected chi connectivity index (χ0v) is 11.6. The molecule has 0 atom stereocenters. The van der Waals surface area contributed by atoms with Crippen LogP contribution in [0.4, 0.5) is 11.4 Å². The predicted molar refractivity (Wildman–Crippen MR) is 78.2 cm³/mol. The lowest BCUT2D eigenvalue weighted by atomic mass is 10.2. The number of nitrogens with one attached hydrogen (secondary N) is 2. The van der Waals surface area contributed by atoms with E-state index >= 15 is 0 Å². The second-order valence-corrected chi connectivity index (χ2v) is 4.40. The van der Waals surface area contributed by atoms with Gasteiger partial charge in [0.2, 0.25) is 5.91 Å². The van der Waals surface area contributed by atoms with Crippen molar-refractivity contribution in [2.24, 2.45) is 7.05 Å². The molecule has 2 amide bonds. The van der Waals surface area contributed by atoms with Crippen LogP contribution in [0, 0.1) is 0 Å². The number of amides is 2. The summed E-state index contributed by atoms with van der Waals surface area (Å²) in [6, 6.07) is 9.36. The van der Waals surface area contributed by atoms with E-state index in [1.54, 1.807) is 24.3 Å². The van der Waals surface area contributed by atoms with Crippen molar-refractivity contribution < 1.29 is 9.59 Å². The first-order valence-corrected chi connectivity index (χ1v) is 6.19. The molecule has 0 saturated heterocycles. The molecule has 0 aliphatic carbocycles. The number of anilines is 2. The maximum Gasteiger partial charge on any atom is 0.276 e. The minimum absolute atomic E-state index is 0.127. The van der Waals surface area contributed by atoms with Crippen LogP contribution in [-0.2, 0) is 11.8 Å². The van der Waals surface area contributed by atoms with Crippen LogP contribution in [0.25, 0.3) is 0 Å². The van der Waals surface area contributed by atoms with Gasteiger partial charge in [-0.25, -0.2) is 4.68 Å². The monoisotopic (exact) mass is 286 g/mol. The second-order valence-electron chi connectivity index (χ2n) is 4.40. The summed E-state index contributed by atoms with van der Waals surface area (Å²) in [5, 5.41) is 9.14. The van der Waals surface area contributed by atoms with E-state index in [1.807, 2.05) is 0 Å². The van der Waals surface area contributed by atoms with Crippen molar-refractivity contribution >= 4 is 23.2 Å².